The molecule has 0 aromatic carbocycles. The van der Waals surface area contributed by atoms with Crippen molar-refractivity contribution < 1.29 is 4.79 Å². The van der Waals surface area contributed by atoms with E-state index in [0.717, 1.165) is 26.4 Å². The number of rotatable bonds is 1. The van der Waals surface area contributed by atoms with Gasteiger partial charge in [-0.2, -0.15) is 0 Å². The van der Waals surface area contributed by atoms with E-state index in [1.54, 1.807) is 0 Å². The van der Waals surface area contributed by atoms with E-state index in [4.69, 9.17) is 5.73 Å². The van der Waals surface area contributed by atoms with Crippen molar-refractivity contribution >= 4 is 32.3 Å². The van der Waals surface area contributed by atoms with Crippen LogP contribution in [0.25, 0.3) is 5.52 Å². The number of aromatic nitrogens is 1. The van der Waals surface area contributed by atoms with Crippen LogP contribution in [0, 0.1) is 0 Å². The van der Waals surface area contributed by atoms with Crippen LogP contribution in [0.2, 0.25) is 0 Å². The maximum Gasteiger partial charge on any atom is 0.287 e. The van der Waals surface area contributed by atoms with Crippen molar-refractivity contribution in [2.75, 3.05) is 0 Å². The van der Waals surface area contributed by atoms with Crippen LogP contribution in [0.5, 0.6) is 0 Å². The Balaban J connectivity index is 2.85. The van der Waals surface area contributed by atoms with Gasteiger partial charge in [0.15, 0.2) is 0 Å². The zero-order chi connectivity index (χ0) is 9.42. The number of fused-ring (bicyclic) bond motifs is 1. The molecule has 2 aromatic rings. The van der Waals surface area contributed by atoms with Gasteiger partial charge in [-0.25, -0.2) is 0 Å². The minimum atomic E-state index is -0.356. The van der Waals surface area contributed by atoms with Gasteiger partial charge in [0, 0.05) is 6.20 Å². The molecular weight excluding hydrogens is 179 g/mol. The average Bonchev–Trinajstić information content (AvgIpc) is 2.45. The number of amides is 1. The average molecular weight is 188 g/mol. The fraction of sp³-hybridized carbons (Fsp3) is 0. The van der Waals surface area contributed by atoms with Gasteiger partial charge in [0.05, 0.1) is 11.1 Å². The summed E-state index contributed by atoms with van der Waals surface area (Å²) in [5.74, 6) is -0.356. The molecule has 0 bridgehead atoms. The Morgan fingerprint density at radius 2 is 2.23 bits per heavy atom. The Hall–Kier alpha value is -1.24. The van der Waals surface area contributed by atoms with E-state index in [0.29, 0.717) is 5.56 Å². The maximum atomic E-state index is 11.1. The van der Waals surface area contributed by atoms with Gasteiger partial charge in [-0.1, -0.05) is 10.6 Å². The largest absolute Gasteiger partial charge is 0.366 e. The van der Waals surface area contributed by atoms with Gasteiger partial charge < -0.3 is 10.1 Å². The molecule has 2 rings (SSSR count). The number of nitrogens with two attached hydrogens (primary N) is 1. The summed E-state index contributed by atoms with van der Waals surface area (Å²) >= 11 is 0.909. The highest BCUT2D eigenvalue weighted by Crippen LogP contribution is 2.08. The molecule has 4 heteroatoms. The summed E-state index contributed by atoms with van der Waals surface area (Å²) in [5, 5.41) is 0. The lowest BCUT2D eigenvalue weighted by atomic mass is 10.2. The first-order valence-corrected chi connectivity index (χ1v) is 5.06. The summed E-state index contributed by atoms with van der Waals surface area (Å²) in [6, 6.07) is 7.62. The highest BCUT2D eigenvalue weighted by Gasteiger charge is 2.08. The SMILES string of the molecule is NC(=O)c1c[c]([AlH2])n2ccccc12. The van der Waals surface area contributed by atoms with Gasteiger partial charge in [-0.15, -0.1) is 0 Å². The molecule has 0 fully saturated rings. The number of pyridine rings is 1. The Morgan fingerprint density at radius 3 is 2.92 bits per heavy atom. The summed E-state index contributed by atoms with van der Waals surface area (Å²) in [5.41, 5.74) is 6.78. The van der Waals surface area contributed by atoms with Crippen LogP contribution >= 0.6 is 0 Å². The minimum Gasteiger partial charge on any atom is -0.366 e. The van der Waals surface area contributed by atoms with E-state index < -0.39 is 0 Å². The molecule has 0 aliphatic rings. The fourth-order valence-corrected chi connectivity index (χ4v) is 2.20. The van der Waals surface area contributed by atoms with Crippen molar-refractivity contribution in [2.45, 2.75) is 0 Å². The quantitative estimate of drug-likeness (QED) is 0.591. The van der Waals surface area contributed by atoms with Crippen LogP contribution in [0.4, 0.5) is 0 Å². The third kappa shape index (κ3) is 1.25. The van der Waals surface area contributed by atoms with Gasteiger partial charge in [0.1, 0.15) is 0 Å². The maximum absolute atomic E-state index is 11.1. The molecule has 0 aliphatic carbocycles. The molecule has 0 aliphatic heterocycles. The van der Waals surface area contributed by atoms with Crippen LogP contribution in [0.15, 0.2) is 30.5 Å². The molecule has 0 unspecified atom stereocenters. The van der Waals surface area contributed by atoms with Crippen molar-refractivity contribution in [1.82, 2.24) is 4.40 Å². The molecular formula is C9H9AlN2O. The Bertz CT molecular complexity index is 475. The summed E-state index contributed by atoms with van der Waals surface area (Å²) < 4.78 is 3.16. The number of primary amides is 1. The van der Waals surface area contributed by atoms with E-state index >= 15 is 0 Å². The molecule has 2 N–H and O–H groups in total. The number of carbonyl (C=O) groups excluding carboxylic acids is 1. The lowest BCUT2D eigenvalue weighted by Gasteiger charge is -1.96. The van der Waals surface area contributed by atoms with Gasteiger partial charge in [0.25, 0.3) is 22.2 Å². The normalized spacial score (nSPS) is 10.5. The predicted molar refractivity (Wildman–Crippen MR) is 54.1 cm³/mol. The summed E-state index contributed by atoms with van der Waals surface area (Å²) in [4.78, 5) is 11.1. The molecule has 2 aromatic heterocycles. The topological polar surface area (TPSA) is 47.5 Å². The first-order valence-electron chi connectivity index (χ1n) is 4.06. The Labute approximate surface area is 83.6 Å². The molecule has 0 saturated heterocycles. The second-order valence-electron chi connectivity index (χ2n) is 3.02. The van der Waals surface area contributed by atoms with E-state index in [9.17, 15) is 4.79 Å². The molecule has 0 spiro atoms. The van der Waals surface area contributed by atoms with Gasteiger partial charge in [-0.05, 0) is 18.2 Å². The van der Waals surface area contributed by atoms with E-state index in [1.807, 2.05) is 34.9 Å². The zero-order valence-corrected chi connectivity index (χ0v) is 9.32. The van der Waals surface area contributed by atoms with Crippen LogP contribution in [-0.2, 0) is 0 Å². The van der Waals surface area contributed by atoms with Crippen molar-refractivity contribution in [3.63, 3.8) is 0 Å². The van der Waals surface area contributed by atoms with Crippen molar-refractivity contribution in [3.8, 4) is 0 Å². The summed E-state index contributed by atoms with van der Waals surface area (Å²) in [6.07, 6.45) is 1.95. The van der Waals surface area contributed by atoms with Crippen LogP contribution < -0.4 is 10.3 Å². The molecule has 1 amide bonds. The molecule has 0 saturated carbocycles. The molecule has 64 valence electrons. The number of hydrogen-bond donors (Lipinski definition) is 1. The standard InChI is InChI=1S/C9H7N2O.Al.2H/c10-9(12)7-4-6-11-5-2-1-3-8(7)11;;;/h1-5H,(H2,10,12);;;. The Morgan fingerprint density at radius 1 is 1.46 bits per heavy atom. The lowest BCUT2D eigenvalue weighted by molar-refractivity contribution is 0.100. The fourth-order valence-electron chi connectivity index (χ4n) is 1.52. The first kappa shape index (κ1) is 8.36. The van der Waals surface area contributed by atoms with Crippen LogP contribution in [0.1, 0.15) is 10.4 Å². The van der Waals surface area contributed by atoms with Gasteiger partial charge in [-0.3, -0.25) is 4.79 Å². The van der Waals surface area contributed by atoms with Gasteiger partial charge in [0.2, 0.25) is 0 Å². The summed E-state index contributed by atoms with van der Waals surface area (Å²) in [7, 11) is 0. The Kier molecular flexibility index (Phi) is 1.87. The van der Waals surface area contributed by atoms with E-state index in [1.165, 1.54) is 0 Å². The third-order valence-corrected chi connectivity index (χ3v) is 2.90. The van der Waals surface area contributed by atoms with Gasteiger partial charge >= 0.3 is 0 Å². The first-order chi connectivity index (χ1) is 6.20. The zero-order valence-electron chi connectivity index (χ0n) is 7.32. The number of hydrogen-bond acceptors (Lipinski definition) is 1. The highest BCUT2D eigenvalue weighted by molar-refractivity contribution is 6.32. The highest BCUT2D eigenvalue weighted by atomic mass is 27.0. The second kappa shape index (κ2) is 2.91. The predicted octanol–water partition coefficient (Wildman–Crippen LogP) is -0.703. The van der Waals surface area contributed by atoms with E-state index in [2.05, 4.69) is 0 Å². The minimum absolute atomic E-state index is 0.356. The smallest absolute Gasteiger partial charge is 0.287 e. The van der Waals surface area contributed by atoms with Crippen molar-refractivity contribution in [2.24, 2.45) is 5.73 Å². The molecule has 0 radical (unpaired) electrons. The second-order valence-corrected chi connectivity index (χ2v) is 4.04. The van der Waals surface area contributed by atoms with Crippen LogP contribution in [-0.4, -0.2) is 26.6 Å². The van der Waals surface area contributed by atoms with Crippen molar-refractivity contribution in [3.05, 3.63) is 36.0 Å². The van der Waals surface area contributed by atoms with Crippen LogP contribution in [0.3, 0.4) is 0 Å². The molecule has 0 atom stereocenters. The van der Waals surface area contributed by atoms with Crippen molar-refractivity contribution in [1.29, 1.82) is 0 Å². The number of carbonyl (C=O) groups is 1. The third-order valence-electron chi connectivity index (χ3n) is 2.13. The summed E-state index contributed by atoms with van der Waals surface area (Å²) in [6.45, 7) is 0. The molecule has 13 heavy (non-hydrogen) atoms. The van der Waals surface area contributed by atoms with E-state index in [-0.39, 0.29) is 5.91 Å². The number of nitrogens with zero attached hydrogens (tertiary/aromatic N) is 1. The monoisotopic (exact) mass is 188 g/mol. The molecule has 2 heterocycles. The molecule has 3 nitrogen and oxygen atoms in total. The lowest BCUT2D eigenvalue weighted by Crippen LogP contribution is -2.10.